The van der Waals surface area contributed by atoms with Crippen molar-refractivity contribution in [1.29, 1.82) is 0 Å². The van der Waals surface area contributed by atoms with Gasteiger partial charge in [-0.1, -0.05) is 34.8 Å². The van der Waals surface area contributed by atoms with E-state index in [0.717, 1.165) is 17.1 Å². The minimum absolute atomic E-state index is 0.228. The topological polar surface area (TPSA) is 80.9 Å². The molecule has 2 aromatic carbocycles. The molecule has 104 valence electrons. The zero-order chi connectivity index (χ0) is 14.7. The average Bonchev–Trinajstić information content (AvgIpc) is 3.00. The molecule has 1 amide bonds. The smallest absolute Gasteiger partial charge is 0.269 e. The Balaban J connectivity index is 1.86. The van der Waals surface area contributed by atoms with Crippen LogP contribution in [0.4, 0.5) is 11.4 Å². The maximum absolute atomic E-state index is 12.3. The predicted octanol–water partition coefficient (Wildman–Crippen LogP) is 3.04. The molecule has 3 aromatic rings. The van der Waals surface area contributed by atoms with Crippen LogP contribution in [0.25, 0.3) is 11.3 Å². The lowest BCUT2D eigenvalue weighted by molar-refractivity contribution is 0.103. The number of benzene rings is 2. The fourth-order valence-electron chi connectivity index (χ4n) is 1.88. The molecule has 1 heterocycles. The van der Waals surface area contributed by atoms with E-state index in [9.17, 15) is 4.79 Å². The van der Waals surface area contributed by atoms with Gasteiger partial charge in [-0.25, -0.2) is 0 Å². The minimum atomic E-state index is -0.228. The van der Waals surface area contributed by atoms with Gasteiger partial charge in [0.2, 0.25) is 0 Å². The van der Waals surface area contributed by atoms with Crippen LogP contribution in [-0.4, -0.2) is 15.5 Å². The molecule has 0 aliphatic rings. The summed E-state index contributed by atoms with van der Waals surface area (Å²) in [5.74, 6) is -0.228. The van der Waals surface area contributed by atoms with Gasteiger partial charge in [0.1, 0.15) is 10.6 Å². The molecule has 3 rings (SSSR count). The Morgan fingerprint density at radius 3 is 2.48 bits per heavy atom. The third-order valence-electron chi connectivity index (χ3n) is 2.91. The summed E-state index contributed by atoms with van der Waals surface area (Å²) in [6.07, 6.45) is 0. The van der Waals surface area contributed by atoms with Crippen molar-refractivity contribution in [3.63, 3.8) is 0 Å². The quantitative estimate of drug-likeness (QED) is 0.728. The van der Waals surface area contributed by atoms with Crippen molar-refractivity contribution >= 4 is 28.8 Å². The number of nitrogen functional groups attached to an aromatic ring is 1. The number of nitrogens with two attached hydrogens (primary N) is 1. The van der Waals surface area contributed by atoms with E-state index < -0.39 is 0 Å². The molecule has 0 radical (unpaired) electrons. The van der Waals surface area contributed by atoms with Crippen LogP contribution in [0.1, 0.15) is 9.67 Å². The largest absolute Gasteiger partial charge is 0.399 e. The first kappa shape index (κ1) is 13.3. The summed E-state index contributed by atoms with van der Waals surface area (Å²) in [6, 6.07) is 16.5. The standard InChI is InChI=1S/C15H12N4OS/c16-11-6-8-12(9-7-11)17-15(20)14-13(18-19-21-14)10-4-2-1-3-5-10/h1-9H,16H2,(H,17,20). The molecule has 0 saturated heterocycles. The highest BCUT2D eigenvalue weighted by atomic mass is 32.1. The van der Waals surface area contributed by atoms with Gasteiger partial charge in [-0.3, -0.25) is 4.79 Å². The molecule has 6 heteroatoms. The van der Waals surface area contributed by atoms with Gasteiger partial charge < -0.3 is 11.1 Å². The van der Waals surface area contributed by atoms with E-state index in [1.165, 1.54) is 0 Å². The summed E-state index contributed by atoms with van der Waals surface area (Å²) in [7, 11) is 0. The van der Waals surface area contributed by atoms with Gasteiger partial charge in [-0.05, 0) is 35.8 Å². The van der Waals surface area contributed by atoms with Crippen LogP contribution in [0, 0.1) is 0 Å². The zero-order valence-electron chi connectivity index (χ0n) is 11.0. The first-order valence-electron chi connectivity index (χ1n) is 6.29. The van der Waals surface area contributed by atoms with Crippen LogP contribution in [0.3, 0.4) is 0 Å². The van der Waals surface area contributed by atoms with E-state index >= 15 is 0 Å². The lowest BCUT2D eigenvalue weighted by Crippen LogP contribution is -2.11. The van der Waals surface area contributed by atoms with Crippen LogP contribution < -0.4 is 11.1 Å². The van der Waals surface area contributed by atoms with Gasteiger partial charge >= 0.3 is 0 Å². The summed E-state index contributed by atoms with van der Waals surface area (Å²) < 4.78 is 3.89. The molecule has 21 heavy (non-hydrogen) atoms. The molecule has 0 saturated carbocycles. The van der Waals surface area contributed by atoms with Gasteiger partial charge in [0.15, 0.2) is 0 Å². The minimum Gasteiger partial charge on any atom is -0.399 e. The van der Waals surface area contributed by atoms with Crippen molar-refractivity contribution in [3.8, 4) is 11.3 Å². The molecule has 0 spiro atoms. The SMILES string of the molecule is Nc1ccc(NC(=O)c2snnc2-c2ccccc2)cc1. The third kappa shape index (κ3) is 2.90. The lowest BCUT2D eigenvalue weighted by atomic mass is 10.1. The second-order valence-corrected chi connectivity index (χ2v) is 5.15. The lowest BCUT2D eigenvalue weighted by Gasteiger charge is -2.05. The summed E-state index contributed by atoms with van der Waals surface area (Å²) in [6.45, 7) is 0. The normalized spacial score (nSPS) is 10.3. The van der Waals surface area contributed by atoms with E-state index in [0.29, 0.717) is 21.9 Å². The summed E-state index contributed by atoms with van der Waals surface area (Å²) in [4.78, 5) is 12.8. The number of hydrogen-bond donors (Lipinski definition) is 2. The highest BCUT2D eigenvalue weighted by molar-refractivity contribution is 7.08. The second-order valence-electron chi connectivity index (χ2n) is 4.39. The Morgan fingerprint density at radius 2 is 1.76 bits per heavy atom. The molecule has 1 aromatic heterocycles. The molecular weight excluding hydrogens is 284 g/mol. The highest BCUT2D eigenvalue weighted by Crippen LogP contribution is 2.24. The molecule has 5 nitrogen and oxygen atoms in total. The Kier molecular flexibility index (Phi) is 3.61. The molecule has 0 atom stereocenters. The van der Waals surface area contributed by atoms with Crippen molar-refractivity contribution in [1.82, 2.24) is 9.59 Å². The average molecular weight is 296 g/mol. The van der Waals surface area contributed by atoms with E-state index in [1.54, 1.807) is 24.3 Å². The van der Waals surface area contributed by atoms with Crippen molar-refractivity contribution < 1.29 is 4.79 Å². The van der Waals surface area contributed by atoms with Gasteiger partial charge in [-0.2, -0.15) is 0 Å². The Labute approximate surface area is 125 Å². The molecular formula is C15H12N4OS. The fraction of sp³-hybridized carbons (Fsp3) is 0. The van der Waals surface area contributed by atoms with Crippen molar-refractivity contribution in [2.45, 2.75) is 0 Å². The van der Waals surface area contributed by atoms with E-state index in [-0.39, 0.29) is 5.91 Å². The summed E-state index contributed by atoms with van der Waals surface area (Å²) >= 11 is 1.08. The number of carbonyl (C=O) groups excluding carboxylic acids is 1. The van der Waals surface area contributed by atoms with Crippen LogP contribution in [-0.2, 0) is 0 Å². The molecule has 3 N–H and O–H groups in total. The van der Waals surface area contributed by atoms with Crippen molar-refractivity contribution in [3.05, 3.63) is 59.5 Å². The predicted molar refractivity (Wildman–Crippen MR) is 84.2 cm³/mol. The third-order valence-corrected chi connectivity index (χ3v) is 3.63. The molecule has 0 unspecified atom stereocenters. The Morgan fingerprint density at radius 1 is 1.05 bits per heavy atom. The number of carbonyl (C=O) groups is 1. The van der Waals surface area contributed by atoms with Gasteiger partial charge in [-0.15, -0.1) is 5.10 Å². The van der Waals surface area contributed by atoms with Crippen LogP contribution in [0.2, 0.25) is 0 Å². The Hall–Kier alpha value is -2.73. The number of nitrogens with one attached hydrogen (secondary N) is 1. The van der Waals surface area contributed by atoms with Crippen molar-refractivity contribution in [2.24, 2.45) is 0 Å². The number of amides is 1. The summed E-state index contributed by atoms with van der Waals surface area (Å²) in [5.41, 5.74) is 8.41. The zero-order valence-corrected chi connectivity index (χ0v) is 11.8. The van der Waals surface area contributed by atoms with Gasteiger partial charge in [0.05, 0.1) is 0 Å². The van der Waals surface area contributed by atoms with Gasteiger partial charge in [0, 0.05) is 16.9 Å². The van der Waals surface area contributed by atoms with E-state index in [1.807, 2.05) is 30.3 Å². The maximum Gasteiger partial charge on any atom is 0.269 e. The second kappa shape index (κ2) is 5.72. The molecule has 0 aliphatic heterocycles. The number of anilines is 2. The fourth-order valence-corrected chi connectivity index (χ4v) is 2.46. The Bertz CT molecular complexity index is 753. The van der Waals surface area contributed by atoms with E-state index in [2.05, 4.69) is 14.9 Å². The first-order valence-corrected chi connectivity index (χ1v) is 7.06. The number of rotatable bonds is 3. The van der Waals surface area contributed by atoms with Crippen LogP contribution in [0.15, 0.2) is 54.6 Å². The van der Waals surface area contributed by atoms with Crippen LogP contribution in [0.5, 0.6) is 0 Å². The van der Waals surface area contributed by atoms with Crippen LogP contribution >= 0.6 is 11.5 Å². The molecule has 0 fully saturated rings. The van der Waals surface area contributed by atoms with Crippen molar-refractivity contribution in [2.75, 3.05) is 11.1 Å². The van der Waals surface area contributed by atoms with Gasteiger partial charge in [0.25, 0.3) is 5.91 Å². The van der Waals surface area contributed by atoms with E-state index in [4.69, 9.17) is 5.73 Å². The summed E-state index contributed by atoms with van der Waals surface area (Å²) in [5, 5.41) is 6.87. The number of aromatic nitrogens is 2. The number of hydrogen-bond acceptors (Lipinski definition) is 5. The molecule has 0 bridgehead atoms. The first-order chi connectivity index (χ1) is 10.2. The monoisotopic (exact) mass is 296 g/mol. The number of nitrogens with zero attached hydrogens (tertiary/aromatic N) is 2. The maximum atomic E-state index is 12.3. The highest BCUT2D eigenvalue weighted by Gasteiger charge is 2.17. The molecule has 0 aliphatic carbocycles.